The van der Waals surface area contributed by atoms with Crippen molar-refractivity contribution in [2.75, 3.05) is 6.26 Å². The summed E-state index contributed by atoms with van der Waals surface area (Å²) in [5.41, 5.74) is 0. The molecular formula is C11H22S. The predicted molar refractivity (Wildman–Crippen MR) is 60.6 cm³/mol. The van der Waals surface area contributed by atoms with E-state index in [1.807, 2.05) is 0 Å². The molecule has 0 radical (unpaired) electrons. The Morgan fingerprint density at radius 3 is 2.67 bits per heavy atom. The van der Waals surface area contributed by atoms with E-state index in [1.165, 1.54) is 32.1 Å². The Bertz CT molecular complexity index is 108. The minimum Gasteiger partial charge on any atom is -0.138 e. The van der Waals surface area contributed by atoms with Crippen molar-refractivity contribution in [1.29, 1.82) is 0 Å². The van der Waals surface area contributed by atoms with Crippen LogP contribution in [0.25, 0.3) is 0 Å². The summed E-state index contributed by atoms with van der Waals surface area (Å²) in [4.78, 5) is 0. The summed E-state index contributed by atoms with van der Waals surface area (Å²) in [5.74, 6) is 0.875. The molecule has 1 heteroatoms. The van der Waals surface area contributed by atoms with Crippen LogP contribution in [0.2, 0.25) is 0 Å². The normalized spacial score (nSPS) is 13.9. The lowest BCUT2D eigenvalue weighted by atomic mass is 10.0. The fourth-order valence-electron chi connectivity index (χ4n) is 1.24. The molecule has 1 unspecified atom stereocenters. The van der Waals surface area contributed by atoms with Gasteiger partial charge in [-0.05, 0) is 24.0 Å². The van der Waals surface area contributed by atoms with E-state index in [1.54, 1.807) is 11.8 Å². The Morgan fingerprint density at radius 1 is 1.33 bits per heavy atom. The fraction of sp³-hybridized carbons (Fsp3) is 0.818. The van der Waals surface area contributed by atoms with Gasteiger partial charge in [-0.1, -0.05) is 45.6 Å². The molecule has 0 bridgehead atoms. The smallest absolute Gasteiger partial charge is 0.0142 e. The number of hydrogen-bond acceptors (Lipinski definition) is 1. The van der Waals surface area contributed by atoms with Crippen molar-refractivity contribution < 1.29 is 0 Å². The van der Waals surface area contributed by atoms with Crippen molar-refractivity contribution in [3.8, 4) is 0 Å². The summed E-state index contributed by atoms with van der Waals surface area (Å²) < 4.78 is 0. The largest absolute Gasteiger partial charge is 0.138 e. The molecule has 0 heterocycles. The van der Waals surface area contributed by atoms with E-state index in [0.29, 0.717) is 0 Å². The Kier molecular flexibility index (Phi) is 9.25. The van der Waals surface area contributed by atoms with Gasteiger partial charge in [-0.25, -0.2) is 0 Å². The maximum Gasteiger partial charge on any atom is -0.0142 e. The Balaban J connectivity index is 3.21. The van der Waals surface area contributed by atoms with E-state index in [2.05, 4.69) is 31.6 Å². The molecule has 0 aliphatic rings. The molecule has 0 aromatic heterocycles. The molecule has 0 fully saturated rings. The van der Waals surface area contributed by atoms with E-state index in [4.69, 9.17) is 0 Å². The molecular weight excluding hydrogens is 164 g/mol. The van der Waals surface area contributed by atoms with Crippen LogP contribution in [0.4, 0.5) is 0 Å². The molecule has 12 heavy (non-hydrogen) atoms. The first kappa shape index (κ1) is 12.1. The van der Waals surface area contributed by atoms with E-state index in [0.717, 1.165) is 5.92 Å². The van der Waals surface area contributed by atoms with Gasteiger partial charge in [0.15, 0.2) is 0 Å². The second-order valence-corrected chi connectivity index (χ2v) is 4.19. The molecule has 0 aromatic carbocycles. The minimum absolute atomic E-state index is 0.875. The van der Waals surface area contributed by atoms with E-state index in [9.17, 15) is 0 Å². The monoisotopic (exact) mass is 186 g/mol. The van der Waals surface area contributed by atoms with Crippen LogP contribution in [0.15, 0.2) is 11.5 Å². The second-order valence-electron chi connectivity index (χ2n) is 3.44. The summed E-state index contributed by atoms with van der Waals surface area (Å²) in [6.45, 7) is 4.61. The molecule has 0 rings (SSSR count). The average molecular weight is 186 g/mol. The van der Waals surface area contributed by atoms with Crippen molar-refractivity contribution >= 4 is 11.8 Å². The van der Waals surface area contributed by atoms with Gasteiger partial charge in [-0.15, -0.1) is 11.8 Å². The minimum atomic E-state index is 0.875. The molecule has 1 atom stereocenters. The molecule has 0 N–H and O–H groups in total. The average Bonchev–Trinajstić information content (AvgIpc) is 2.06. The summed E-state index contributed by atoms with van der Waals surface area (Å²) in [6.07, 6.45) is 11.2. The maximum absolute atomic E-state index is 2.35. The molecule has 0 aromatic rings. The SMILES string of the molecule is CCCCCC(C)C/C=C/SC. The first-order valence-electron chi connectivity index (χ1n) is 4.99. The molecule has 0 amide bonds. The van der Waals surface area contributed by atoms with E-state index >= 15 is 0 Å². The van der Waals surface area contributed by atoms with Gasteiger partial charge in [0.25, 0.3) is 0 Å². The highest BCUT2D eigenvalue weighted by Crippen LogP contribution is 2.13. The number of hydrogen-bond donors (Lipinski definition) is 0. The Hall–Kier alpha value is 0.0900. The molecule has 0 saturated carbocycles. The van der Waals surface area contributed by atoms with Gasteiger partial charge in [-0.2, -0.15) is 0 Å². The molecule has 0 saturated heterocycles. The molecule has 0 aliphatic heterocycles. The summed E-state index contributed by atoms with van der Waals surface area (Å²) in [7, 11) is 0. The standard InChI is InChI=1S/C11H22S/c1-4-5-6-8-11(2)9-7-10-12-3/h7,10-11H,4-6,8-9H2,1-3H3/b10-7+. The predicted octanol–water partition coefficient (Wildman–Crippen LogP) is 4.47. The Morgan fingerprint density at radius 2 is 2.08 bits per heavy atom. The van der Waals surface area contributed by atoms with Gasteiger partial charge >= 0.3 is 0 Å². The number of rotatable bonds is 7. The van der Waals surface area contributed by atoms with Gasteiger partial charge in [0.1, 0.15) is 0 Å². The van der Waals surface area contributed by atoms with Crippen molar-refractivity contribution in [2.45, 2.75) is 46.0 Å². The maximum atomic E-state index is 2.35. The summed E-state index contributed by atoms with van der Waals surface area (Å²) >= 11 is 1.79. The van der Waals surface area contributed by atoms with Crippen LogP contribution in [0.1, 0.15) is 46.0 Å². The lowest BCUT2D eigenvalue weighted by Gasteiger charge is -2.06. The molecule has 0 spiro atoms. The highest BCUT2D eigenvalue weighted by Gasteiger charge is 1.97. The lowest BCUT2D eigenvalue weighted by molar-refractivity contribution is 0.501. The first-order chi connectivity index (χ1) is 5.81. The van der Waals surface area contributed by atoms with Crippen LogP contribution < -0.4 is 0 Å². The third-order valence-corrected chi connectivity index (χ3v) is 2.54. The molecule has 0 aliphatic carbocycles. The zero-order valence-corrected chi connectivity index (χ0v) is 9.49. The van der Waals surface area contributed by atoms with Crippen molar-refractivity contribution in [2.24, 2.45) is 5.92 Å². The van der Waals surface area contributed by atoms with E-state index in [-0.39, 0.29) is 0 Å². The first-order valence-corrected chi connectivity index (χ1v) is 6.27. The van der Waals surface area contributed by atoms with Crippen LogP contribution in [-0.4, -0.2) is 6.26 Å². The Labute approximate surface area is 81.8 Å². The lowest BCUT2D eigenvalue weighted by Crippen LogP contribution is -1.91. The van der Waals surface area contributed by atoms with Crippen molar-refractivity contribution in [1.82, 2.24) is 0 Å². The van der Waals surface area contributed by atoms with Crippen molar-refractivity contribution in [3.05, 3.63) is 11.5 Å². The molecule has 72 valence electrons. The van der Waals surface area contributed by atoms with Crippen LogP contribution in [-0.2, 0) is 0 Å². The van der Waals surface area contributed by atoms with Crippen molar-refractivity contribution in [3.63, 3.8) is 0 Å². The van der Waals surface area contributed by atoms with Gasteiger partial charge < -0.3 is 0 Å². The quantitative estimate of drug-likeness (QED) is 0.529. The third-order valence-electron chi connectivity index (χ3n) is 2.07. The zero-order valence-electron chi connectivity index (χ0n) is 8.68. The van der Waals surface area contributed by atoms with Gasteiger partial charge in [0.2, 0.25) is 0 Å². The highest BCUT2D eigenvalue weighted by molar-refractivity contribution is 8.01. The fourth-order valence-corrected chi connectivity index (χ4v) is 1.55. The summed E-state index contributed by atoms with van der Waals surface area (Å²) in [6, 6.07) is 0. The van der Waals surface area contributed by atoms with Gasteiger partial charge in [0, 0.05) is 0 Å². The number of thioether (sulfide) groups is 1. The second kappa shape index (κ2) is 9.18. The van der Waals surface area contributed by atoms with Gasteiger partial charge in [-0.3, -0.25) is 0 Å². The third kappa shape index (κ3) is 8.19. The van der Waals surface area contributed by atoms with Crippen LogP contribution >= 0.6 is 11.8 Å². The topological polar surface area (TPSA) is 0 Å². The van der Waals surface area contributed by atoms with Crippen LogP contribution in [0, 0.1) is 5.92 Å². The van der Waals surface area contributed by atoms with Crippen LogP contribution in [0.5, 0.6) is 0 Å². The number of allylic oxidation sites excluding steroid dienone is 1. The molecule has 0 nitrogen and oxygen atoms in total. The number of unbranched alkanes of at least 4 members (excludes halogenated alkanes) is 2. The summed E-state index contributed by atoms with van der Waals surface area (Å²) in [5, 5.41) is 2.19. The highest BCUT2D eigenvalue weighted by atomic mass is 32.2. The zero-order chi connectivity index (χ0) is 9.23. The van der Waals surface area contributed by atoms with Gasteiger partial charge in [0.05, 0.1) is 0 Å². The van der Waals surface area contributed by atoms with Crippen LogP contribution in [0.3, 0.4) is 0 Å². The van der Waals surface area contributed by atoms with E-state index < -0.39 is 0 Å².